The number of hydrogen-bond donors (Lipinski definition) is 0. The van der Waals surface area contributed by atoms with E-state index in [1.165, 1.54) is 29.3 Å². The van der Waals surface area contributed by atoms with Crippen molar-refractivity contribution in [1.29, 1.82) is 5.26 Å². The molecule has 2 heterocycles. The van der Waals surface area contributed by atoms with Crippen LogP contribution in [0.2, 0.25) is 0 Å². The summed E-state index contributed by atoms with van der Waals surface area (Å²) in [6, 6.07) is 8.31. The van der Waals surface area contributed by atoms with Crippen molar-refractivity contribution in [2.45, 2.75) is 0 Å². The van der Waals surface area contributed by atoms with Gasteiger partial charge in [-0.15, -0.1) is 0 Å². The van der Waals surface area contributed by atoms with Crippen LogP contribution in [0.15, 0.2) is 43.0 Å². The normalized spacial score (nSPS) is 10.3. The molecular formula is C13H7N5O2. The van der Waals surface area contributed by atoms with Crippen molar-refractivity contribution in [2.75, 3.05) is 0 Å². The summed E-state index contributed by atoms with van der Waals surface area (Å²) in [5, 5.41) is 24.4. The first-order valence-corrected chi connectivity index (χ1v) is 5.67. The monoisotopic (exact) mass is 265 g/mol. The molecule has 0 aliphatic rings. The molecular weight excluding hydrogens is 258 g/mol. The molecule has 0 aliphatic carbocycles. The number of fused-ring (bicyclic) bond motifs is 1. The Morgan fingerprint density at radius 3 is 2.85 bits per heavy atom. The van der Waals surface area contributed by atoms with E-state index in [1.807, 2.05) is 6.07 Å². The quantitative estimate of drug-likeness (QED) is 0.522. The molecule has 7 nitrogen and oxygen atoms in total. The molecule has 0 saturated carbocycles. The van der Waals surface area contributed by atoms with E-state index in [1.54, 1.807) is 18.2 Å². The molecule has 0 aliphatic heterocycles. The van der Waals surface area contributed by atoms with E-state index < -0.39 is 4.92 Å². The molecule has 0 N–H and O–H groups in total. The van der Waals surface area contributed by atoms with Crippen LogP contribution in [0.3, 0.4) is 0 Å². The Balaban J connectivity index is 2.43. The van der Waals surface area contributed by atoms with Gasteiger partial charge < -0.3 is 0 Å². The first-order valence-electron chi connectivity index (χ1n) is 5.67. The predicted octanol–water partition coefficient (Wildman–Crippen LogP) is 2.18. The van der Waals surface area contributed by atoms with Crippen molar-refractivity contribution in [3.63, 3.8) is 0 Å². The lowest BCUT2D eigenvalue weighted by Gasteiger charge is -2.06. The lowest BCUT2D eigenvalue weighted by molar-refractivity contribution is -0.384. The summed E-state index contributed by atoms with van der Waals surface area (Å²) < 4.78 is 1.48. The Hall–Kier alpha value is -3.27. The molecule has 7 heteroatoms. The van der Waals surface area contributed by atoms with Gasteiger partial charge in [0.15, 0.2) is 0 Å². The first kappa shape index (κ1) is 11.8. The number of benzene rings is 1. The van der Waals surface area contributed by atoms with Crippen molar-refractivity contribution in [2.24, 2.45) is 0 Å². The molecule has 3 aromatic rings. The van der Waals surface area contributed by atoms with Crippen molar-refractivity contribution >= 4 is 11.2 Å². The Bertz CT molecular complexity index is 863. The molecule has 1 aromatic carbocycles. The van der Waals surface area contributed by atoms with Crippen molar-refractivity contribution in [1.82, 2.24) is 14.6 Å². The van der Waals surface area contributed by atoms with E-state index in [4.69, 9.17) is 0 Å². The summed E-state index contributed by atoms with van der Waals surface area (Å²) in [4.78, 5) is 14.6. The summed E-state index contributed by atoms with van der Waals surface area (Å²) in [5.74, 6) is 0. The van der Waals surface area contributed by atoms with Gasteiger partial charge in [0.2, 0.25) is 0 Å². The Morgan fingerprint density at radius 1 is 1.30 bits per heavy atom. The van der Waals surface area contributed by atoms with E-state index >= 15 is 0 Å². The number of para-hydroxylation sites is 1. The summed E-state index contributed by atoms with van der Waals surface area (Å²) in [7, 11) is 0. The molecule has 3 rings (SSSR count). The second kappa shape index (κ2) is 4.44. The highest BCUT2D eigenvalue weighted by atomic mass is 16.6. The van der Waals surface area contributed by atoms with Crippen molar-refractivity contribution in [3.8, 4) is 17.2 Å². The molecule has 0 spiro atoms. The molecule has 20 heavy (non-hydrogen) atoms. The van der Waals surface area contributed by atoms with Crippen LogP contribution < -0.4 is 0 Å². The minimum absolute atomic E-state index is 0.0571. The largest absolute Gasteiger partial charge is 0.277 e. The zero-order valence-electron chi connectivity index (χ0n) is 10.1. The molecule has 0 saturated heterocycles. The molecule has 2 aromatic heterocycles. The van der Waals surface area contributed by atoms with Gasteiger partial charge in [0.25, 0.3) is 5.69 Å². The molecule has 0 unspecified atom stereocenters. The summed E-state index contributed by atoms with van der Waals surface area (Å²) in [5.41, 5.74) is 1.61. The van der Waals surface area contributed by atoms with Crippen LogP contribution in [0, 0.1) is 21.4 Å². The minimum atomic E-state index is -0.468. The Labute approximate surface area is 112 Å². The topological polar surface area (TPSA) is 97.1 Å². The first-order chi connectivity index (χ1) is 9.72. The van der Waals surface area contributed by atoms with Gasteiger partial charge in [-0.25, -0.2) is 9.50 Å². The molecule has 0 atom stereocenters. The number of nitro benzene ring substituents is 1. The maximum atomic E-state index is 11.2. The summed E-state index contributed by atoms with van der Waals surface area (Å²) in [6.07, 6.45) is 4.38. The van der Waals surface area contributed by atoms with Gasteiger partial charge in [-0.3, -0.25) is 10.1 Å². The Morgan fingerprint density at radius 2 is 2.10 bits per heavy atom. The van der Waals surface area contributed by atoms with E-state index in [-0.39, 0.29) is 11.3 Å². The van der Waals surface area contributed by atoms with E-state index in [9.17, 15) is 15.4 Å². The standard InChI is InChI=1S/C13H7N5O2/c14-5-9-6-16-17-8-15-7-12(17)13(9)10-3-1-2-4-11(10)18(19)20/h1-4,6-8H. The average molecular weight is 265 g/mol. The van der Waals surface area contributed by atoms with Gasteiger partial charge in [0.05, 0.1) is 34.0 Å². The highest BCUT2D eigenvalue weighted by Gasteiger charge is 2.20. The maximum Gasteiger partial charge on any atom is 0.277 e. The van der Waals surface area contributed by atoms with Crippen LogP contribution in [0.5, 0.6) is 0 Å². The molecule has 0 amide bonds. The number of rotatable bonds is 2. The zero-order valence-corrected chi connectivity index (χ0v) is 10.1. The van der Waals surface area contributed by atoms with Crippen LogP contribution >= 0.6 is 0 Å². The highest BCUT2D eigenvalue weighted by molar-refractivity contribution is 5.88. The fourth-order valence-corrected chi connectivity index (χ4v) is 2.09. The third-order valence-corrected chi connectivity index (χ3v) is 2.95. The maximum absolute atomic E-state index is 11.2. The van der Waals surface area contributed by atoms with Gasteiger partial charge in [0.1, 0.15) is 12.4 Å². The predicted molar refractivity (Wildman–Crippen MR) is 69.8 cm³/mol. The lowest BCUT2D eigenvalue weighted by atomic mass is 10.00. The third-order valence-electron chi connectivity index (χ3n) is 2.95. The second-order valence-corrected chi connectivity index (χ2v) is 4.04. The van der Waals surface area contributed by atoms with E-state index in [2.05, 4.69) is 10.1 Å². The lowest BCUT2D eigenvalue weighted by Crippen LogP contribution is -1.98. The number of hydrogen-bond acceptors (Lipinski definition) is 5. The average Bonchev–Trinajstić information content (AvgIpc) is 2.94. The molecule has 0 bridgehead atoms. The molecule has 0 fully saturated rings. The van der Waals surface area contributed by atoms with Crippen LogP contribution in [0.1, 0.15) is 5.56 Å². The second-order valence-electron chi connectivity index (χ2n) is 4.04. The van der Waals surface area contributed by atoms with Crippen LogP contribution in [0.4, 0.5) is 5.69 Å². The smallest absolute Gasteiger partial charge is 0.258 e. The Kier molecular flexibility index (Phi) is 2.62. The number of nitro groups is 1. The summed E-state index contributed by atoms with van der Waals surface area (Å²) >= 11 is 0. The van der Waals surface area contributed by atoms with Crippen LogP contribution in [0.25, 0.3) is 16.6 Å². The number of aromatic nitrogens is 3. The minimum Gasteiger partial charge on any atom is -0.258 e. The van der Waals surface area contributed by atoms with Crippen molar-refractivity contribution in [3.05, 3.63) is 58.7 Å². The van der Waals surface area contributed by atoms with E-state index in [0.29, 0.717) is 16.6 Å². The fraction of sp³-hybridized carbons (Fsp3) is 0. The zero-order chi connectivity index (χ0) is 14.1. The van der Waals surface area contributed by atoms with Crippen LogP contribution in [-0.4, -0.2) is 19.5 Å². The summed E-state index contributed by atoms with van der Waals surface area (Å²) in [6.45, 7) is 0. The SMILES string of the molecule is N#Cc1cnn2cncc2c1-c1ccccc1[N+](=O)[O-]. The molecule has 0 radical (unpaired) electrons. The van der Waals surface area contributed by atoms with Crippen molar-refractivity contribution < 1.29 is 4.92 Å². The third kappa shape index (κ3) is 1.67. The number of imidazole rings is 1. The number of nitrogens with zero attached hydrogens (tertiary/aromatic N) is 5. The van der Waals surface area contributed by atoms with Gasteiger partial charge in [0, 0.05) is 11.6 Å². The molecule has 96 valence electrons. The van der Waals surface area contributed by atoms with E-state index in [0.717, 1.165) is 0 Å². The van der Waals surface area contributed by atoms with Gasteiger partial charge >= 0.3 is 0 Å². The number of nitriles is 1. The highest BCUT2D eigenvalue weighted by Crippen LogP contribution is 2.34. The van der Waals surface area contributed by atoms with Gasteiger partial charge in [-0.1, -0.05) is 12.1 Å². The van der Waals surface area contributed by atoms with Gasteiger partial charge in [-0.05, 0) is 6.07 Å². The van der Waals surface area contributed by atoms with Crippen LogP contribution in [-0.2, 0) is 0 Å². The van der Waals surface area contributed by atoms with Gasteiger partial charge in [-0.2, -0.15) is 10.4 Å². The fourth-order valence-electron chi connectivity index (χ4n) is 2.09.